The van der Waals surface area contributed by atoms with Gasteiger partial charge in [0, 0.05) is 36.2 Å². The Hall–Kier alpha value is -2.34. The van der Waals surface area contributed by atoms with Crippen LogP contribution in [0, 0.1) is 0 Å². The lowest BCUT2D eigenvalue weighted by Gasteiger charge is -2.17. The van der Waals surface area contributed by atoms with Gasteiger partial charge in [-0.2, -0.15) is 0 Å². The van der Waals surface area contributed by atoms with Gasteiger partial charge in [0.25, 0.3) is 5.82 Å². The predicted molar refractivity (Wildman–Crippen MR) is 90.0 cm³/mol. The molecule has 4 rings (SSSR count). The molecule has 2 amide bonds. The third-order valence-electron chi connectivity index (χ3n) is 4.34. The Kier molecular flexibility index (Phi) is 4.57. The van der Waals surface area contributed by atoms with Crippen LogP contribution in [0.2, 0.25) is 0 Å². The molecule has 1 fully saturated rings. The second-order valence-corrected chi connectivity index (χ2v) is 5.74. The zero-order valence-electron chi connectivity index (χ0n) is 13.4. The Morgan fingerprint density at radius 1 is 1.25 bits per heavy atom. The van der Waals surface area contributed by atoms with Gasteiger partial charge in [-0.25, -0.2) is 14.3 Å². The highest BCUT2D eigenvalue weighted by atomic mass is 79.9. The maximum atomic E-state index is 11.9. The van der Waals surface area contributed by atoms with Crippen LogP contribution in [0.4, 0.5) is 10.5 Å². The van der Waals surface area contributed by atoms with Gasteiger partial charge in [-0.05, 0) is 12.5 Å². The Morgan fingerprint density at radius 2 is 2.08 bits per heavy atom. The molecule has 0 spiro atoms. The van der Waals surface area contributed by atoms with Gasteiger partial charge in [-0.1, -0.05) is 25.1 Å². The average Bonchev–Trinajstić information content (AvgIpc) is 3.20. The van der Waals surface area contributed by atoms with Gasteiger partial charge in [0.2, 0.25) is 0 Å². The number of para-hydroxylation sites is 1. The van der Waals surface area contributed by atoms with E-state index in [4.69, 9.17) is 0 Å². The number of amides is 2. The molecule has 0 aliphatic carbocycles. The Morgan fingerprint density at radius 3 is 2.79 bits per heavy atom. The van der Waals surface area contributed by atoms with Crippen molar-refractivity contribution in [1.82, 2.24) is 10.3 Å². The van der Waals surface area contributed by atoms with Gasteiger partial charge in [0.15, 0.2) is 0 Å². The van der Waals surface area contributed by atoms with Gasteiger partial charge in [0.1, 0.15) is 11.7 Å². The molecule has 24 heavy (non-hydrogen) atoms. The summed E-state index contributed by atoms with van der Waals surface area (Å²) in [6, 6.07) is 12.4. The van der Waals surface area contributed by atoms with Crippen LogP contribution in [0.3, 0.4) is 0 Å². The molecule has 3 heterocycles. The molecule has 0 bridgehead atoms. The minimum absolute atomic E-state index is 0. The number of halogens is 1. The number of urea groups is 1. The van der Waals surface area contributed by atoms with E-state index in [1.54, 1.807) is 0 Å². The van der Waals surface area contributed by atoms with Crippen LogP contribution in [0.5, 0.6) is 0 Å². The van der Waals surface area contributed by atoms with E-state index in [1.165, 1.54) is 5.39 Å². The molecule has 3 aromatic rings. The van der Waals surface area contributed by atoms with Gasteiger partial charge in [-0.15, -0.1) is 0 Å². The summed E-state index contributed by atoms with van der Waals surface area (Å²) in [5.74, 6) is 1.03. The maximum absolute atomic E-state index is 11.9. The molecule has 6 heteroatoms. The van der Waals surface area contributed by atoms with E-state index in [-0.39, 0.29) is 23.0 Å². The largest absolute Gasteiger partial charge is 1.00 e. The molecule has 0 radical (unpaired) electrons. The first-order valence-electron chi connectivity index (χ1n) is 7.94. The lowest BCUT2D eigenvalue weighted by atomic mass is 10.1. The van der Waals surface area contributed by atoms with Crippen LogP contribution < -0.4 is 31.8 Å². The van der Waals surface area contributed by atoms with Crippen LogP contribution in [0.25, 0.3) is 16.7 Å². The molecule has 1 saturated heterocycles. The number of anilines is 1. The van der Waals surface area contributed by atoms with Crippen molar-refractivity contribution in [1.29, 1.82) is 0 Å². The van der Waals surface area contributed by atoms with Crippen LogP contribution in [0.15, 0.2) is 48.8 Å². The highest BCUT2D eigenvalue weighted by molar-refractivity contribution is 5.94. The molecule has 1 aromatic carbocycles. The first-order valence-corrected chi connectivity index (χ1v) is 7.94. The minimum Gasteiger partial charge on any atom is -1.00 e. The standard InChI is InChI=1S/C18H18N4O.BrH/c1-2-13-12-21(9-7-16(13)22-10-8-19-18(22)23)17-11-14-5-3-4-6-15(14)20-17;/h3-7,9,11-12,20H,2,8,10H2,1H3;1H. The van der Waals surface area contributed by atoms with Crippen molar-refractivity contribution in [3.8, 4) is 5.82 Å². The number of pyridine rings is 1. The fraction of sp³-hybridized carbons (Fsp3) is 0.222. The van der Waals surface area contributed by atoms with Crippen molar-refractivity contribution in [3.05, 3.63) is 54.4 Å². The first kappa shape index (κ1) is 16.5. The SMILES string of the molecule is CCc1c[n+](-c2cc3ccccc3[nH]2)ccc1N1CCNC1=O.[Br-]. The molecule has 0 saturated carbocycles. The number of aromatic nitrogens is 2. The monoisotopic (exact) mass is 386 g/mol. The molecular weight excluding hydrogens is 368 g/mol. The number of rotatable bonds is 3. The summed E-state index contributed by atoms with van der Waals surface area (Å²) < 4.78 is 2.08. The molecule has 124 valence electrons. The summed E-state index contributed by atoms with van der Waals surface area (Å²) in [6.07, 6.45) is 4.98. The molecular formula is C18H19BrN4O. The van der Waals surface area contributed by atoms with E-state index < -0.39 is 0 Å². The van der Waals surface area contributed by atoms with Crippen molar-refractivity contribution in [2.75, 3.05) is 18.0 Å². The van der Waals surface area contributed by atoms with E-state index in [1.807, 2.05) is 29.3 Å². The summed E-state index contributed by atoms with van der Waals surface area (Å²) in [4.78, 5) is 17.2. The molecule has 0 unspecified atom stereocenters. The molecule has 1 aliphatic rings. The van der Waals surface area contributed by atoms with E-state index >= 15 is 0 Å². The predicted octanol–water partition coefficient (Wildman–Crippen LogP) is -0.459. The number of hydrogen-bond acceptors (Lipinski definition) is 1. The van der Waals surface area contributed by atoms with Gasteiger partial charge in [-0.3, -0.25) is 4.90 Å². The minimum atomic E-state index is -0.0111. The van der Waals surface area contributed by atoms with Crippen molar-refractivity contribution in [2.45, 2.75) is 13.3 Å². The van der Waals surface area contributed by atoms with Crippen molar-refractivity contribution in [3.63, 3.8) is 0 Å². The molecule has 2 aromatic heterocycles. The van der Waals surface area contributed by atoms with Crippen LogP contribution in [0.1, 0.15) is 12.5 Å². The summed E-state index contributed by atoms with van der Waals surface area (Å²) in [6.45, 7) is 3.55. The Bertz CT molecular complexity index is 857. The number of aryl methyl sites for hydroxylation is 1. The third kappa shape index (κ3) is 2.78. The summed E-state index contributed by atoms with van der Waals surface area (Å²) in [7, 11) is 0. The number of carbonyl (C=O) groups is 1. The number of fused-ring (bicyclic) bond motifs is 1. The van der Waals surface area contributed by atoms with Crippen LogP contribution in [-0.2, 0) is 6.42 Å². The maximum Gasteiger partial charge on any atom is 0.322 e. The van der Waals surface area contributed by atoms with Crippen molar-refractivity contribution < 1.29 is 26.3 Å². The number of H-pyrrole nitrogens is 1. The number of aromatic amines is 1. The van der Waals surface area contributed by atoms with E-state index in [0.29, 0.717) is 6.54 Å². The Balaban J connectivity index is 0.00000169. The van der Waals surface area contributed by atoms with E-state index in [9.17, 15) is 4.79 Å². The highest BCUT2D eigenvalue weighted by Crippen LogP contribution is 2.22. The van der Waals surface area contributed by atoms with Crippen LogP contribution in [-0.4, -0.2) is 24.1 Å². The third-order valence-corrected chi connectivity index (χ3v) is 4.34. The quantitative estimate of drug-likeness (QED) is 0.588. The van der Waals surface area contributed by atoms with Gasteiger partial charge < -0.3 is 22.3 Å². The molecule has 2 N–H and O–H groups in total. The molecule has 0 atom stereocenters. The van der Waals surface area contributed by atoms with Crippen LogP contribution >= 0.6 is 0 Å². The summed E-state index contributed by atoms with van der Waals surface area (Å²) >= 11 is 0. The molecule has 1 aliphatic heterocycles. The lowest BCUT2D eigenvalue weighted by Crippen LogP contribution is -3.00. The lowest BCUT2D eigenvalue weighted by molar-refractivity contribution is -0.599. The number of nitrogens with one attached hydrogen (secondary N) is 2. The van der Waals surface area contributed by atoms with E-state index in [0.717, 1.165) is 35.6 Å². The van der Waals surface area contributed by atoms with Crippen molar-refractivity contribution in [2.24, 2.45) is 0 Å². The van der Waals surface area contributed by atoms with Crippen molar-refractivity contribution >= 4 is 22.6 Å². The van der Waals surface area contributed by atoms with Gasteiger partial charge >= 0.3 is 6.03 Å². The summed E-state index contributed by atoms with van der Waals surface area (Å²) in [5.41, 5.74) is 3.27. The second-order valence-electron chi connectivity index (χ2n) is 5.74. The topological polar surface area (TPSA) is 52.0 Å². The Labute approximate surface area is 151 Å². The van der Waals surface area contributed by atoms with Gasteiger partial charge in [0.05, 0.1) is 11.9 Å². The number of carbonyl (C=O) groups excluding carboxylic acids is 1. The first-order chi connectivity index (χ1) is 11.3. The summed E-state index contributed by atoms with van der Waals surface area (Å²) in [5, 5.41) is 4.05. The smallest absolute Gasteiger partial charge is 0.322 e. The number of benzene rings is 1. The number of hydrogen-bond donors (Lipinski definition) is 2. The molecule has 5 nitrogen and oxygen atoms in total. The average molecular weight is 387 g/mol. The second kappa shape index (κ2) is 6.65. The van der Waals surface area contributed by atoms with E-state index in [2.05, 4.69) is 46.2 Å². The fourth-order valence-electron chi connectivity index (χ4n) is 3.12. The zero-order chi connectivity index (χ0) is 15.8. The fourth-order valence-corrected chi connectivity index (χ4v) is 3.12. The highest BCUT2D eigenvalue weighted by Gasteiger charge is 2.24. The normalized spacial score (nSPS) is 13.9. The number of nitrogens with zero attached hydrogens (tertiary/aromatic N) is 2. The zero-order valence-corrected chi connectivity index (χ0v) is 15.0.